The van der Waals surface area contributed by atoms with Gasteiger partial charge in [-0.15, -0.1) is 11.3 Å². The van der Waals surface area contributed by atoms with Crippen molar-refractivity contribution >= 4 is 17.2 Å². The van der Waals surface area contributed by atoms with Gasteiger partial charge < -0.3 is 9.64 Å². The number of methoxy groups -OCH3 is 1. The van der Waals surface area contributed by atoms with Crippen molar-refractivity contribution in [2.75, 3.05) is 26.8 Å². The number of carbonyl (C=O) groups is 1. The minimum atomic E-state index is -0.0239. The summed E-state index contributed by atoms with van der Waals surface area (Å²) >= 11 is 1.50. The molecule has 0 fully saturated rings. The van der Waals surface area contributed by atoms with Crippen molar-refractivity contribution in [1.29, 1.82) is 0 Å². The van der Waals surface area contributed by atoms with Crippen molar-refractivity contribution in [1.82, 2.24) is 9.88 Å². The van der Waals surface area contributed by atoms with E-state index in [2.05, 4.69) is 18.8 Å². The van der Waals surface area contributed by atoms with Gasteiger partial charge in [0.1, 0.15) is 10.7 Å². The Bertz CT molecular complexity index is 596. The molecule has 4 nitrogen and oxygen atoms in total. The summed E-state index contributed by atoms with van der Waals surface area (Å²) in [5.74, 6) is 0.386. The molecule has 0 unspecified atom stereocenters. The van der Waals surface area contributed by atoms with Crippen LogP contribution in [0.4, 0.5) is 0 Å². The second kappa shape index (κ2) is 8.06. The number of thiazole rings is 1. The van der Waals surface area contributed by atoms with Crippen LogP contribution in [0.2, 0.25) is 0 Å². The molecule has 0 aliphatic carbocycles. The molecule has 1 amide bonds. The van der Waals surface area contributed by atoms with Crippen molar-refractivity contribution in [2.45, 2.75) is 13.8 Å². The van der Waals surface area contributed by atoms with Gasteiger partial charge in [-0.3, -0.25) is 4.79 Å². The predicted octanol–water partition coefficient (Wildman–Crippen LogP) is 3.55. The van der Waals surface area contributed by atoms with E-state index >= 15 is 0 Å². The maximum Gasteiger partial charge on any atom is 0.273 e. The number of aromatic nitrogens is 1. The van der Waals surface area contributed by atoms with E-state index in [-0.39, 0.29) is 5.91 Å². The second-order valence-electron chi connectivity index (χ2n) is 5.54. The van der Waals surface area contributed by atoms with Crippen LogP contribution >= 0.6 is 11.3 Å². The Morgan fingerprint density at radius 1 is 1.32 bits per heavy atom. The van der Waals surface area contributed by atoms with Gasteiger partial charge in [0.05, 0.1) is 6.61 Å². The maximum atomic E-state index is 12.6. The third-order valence-electron chi connectivity index (χ3n) is 3.18. The highest BCUT2D eigenvalue weighted by molar-refractivity contribution is 7.13. The number of nitrogens with zero attached hydrogens (tertiary/aromatic N) is 2. The molecule has 0 bridgehead atoms. The first kappa shape index (κ1) is 16.6. The van der Waals surface area contributed by atoms with E-state index in [4.69, 9.17) is 4.74 Å². The van der Waals surface area contributed by atoms with Gasteiger partial charge in [0.2, 0.25) is 0 Å². The van der Waals surface area contributed by atoms with E-state index < -0.39 is 0 Å². The fourth-order valence-electron chi connectivity index (χ4n) is 2.17. The summed E-state index contributed by atoms with van der Waals surface area (Å²) in [7, 11) is 1.65. The molecule has 0 aliphatic rings. The van der Waals surface area contributed by atoms with Crippen LogP contribution in [0.3, 0.4) is 0 Å². The Morgan fingerprint density at radius 3 is 2.68 bits per heavy atom. The molecule has 0 atom stereocenters. The zero-order valence-corrected chi connectivity index (χ0v) is 14.1. The summed E-state index contributed by atoms with van der Waals surface area (Å²) in [5.41, 5.74) is 1.56. The average molecular weight is 318 g/mol. The smallest absolute Gasteiger partial charge is 0.273 e. The number of hydrogen-bond acceptors (Lipinski definition) is 4. The van der Waals surface area contributed by atoms with Gasteiger partial charge in [-0.2, -0.15) is 0 Å². The lowest BCUT2D eigenvalue weighted by atomic mass is 10.2. The summed E-state index contributed by atoms with van der Waals surface area (Å²) in [5, 5.41) is 2.71. The number of benzene rings is 1. The van der Waals surface area contributed by atoms with Gasteiger partial charge in [-0.25, -0.2) is 4.98 Å². The zero-order valence-electron chi connectivity index (χ0n) is 13.3. The summed E-state index contributed by atoms with van der Waals surface area (Å²) in [4.78, 5) is 19.0. The third kappa shape index (κ3) is 4.39. The third-order valence-corrected chi connectivity index (χ3v) is 4.07. The topological polar surface area (TPSA) is 42.4 Å². The van der Waals surface area contributed by atoms with Crippen LogP contribution in [0.5, 0.6) is 0 Å². The molecule has 2 rings (SSSR count). The van der Waals surface area contributed by atoms with Gasteiger partial charge in [-0.05, 0) is 5.92 Å². The van der Waals surface area contributed by atoms with Crippen molar-refractivity contribution in [3.8, 4) is 10.6 Å². The van der Waals surface area contributed by atoms with Gasteiger partial charge >= 0.3 is 0 Å². The van der Waals surface area contributed by atoms with E-state index in [0.29, 0.717) is 31.3 Å². The van der Waals surface area contributed by atoms with Crippen LogP contribution in [0.15, 0.2) is 35.7 Å². The summed E-state index contributed by atoms with van der Waals surface area (Å²) in [6.45, 7) is 6.04. The van der Waals surface area contributed by atoms with Gasteiger partial charge in [0.15, 0.2) is 0 Å². The Kier molecular flexibility index (Phi) is 6.10. The first-order valence-electron chi connectivity index (χ1n) is 7.41. The average Bonchev–Trinajstić information content (AvgIpc) is 3.01. The van der Waals surface area contributed by atoms with Gasteiger partial charge in [-0.1, -0.05) is 44.2 Å². The van der Waals surface area contributed by atoms with E-state index in [9.17, 15) is 4.79 Å². The van der Waals surface area contributed by atoms with E-state index in [1.54, 1.807) is 7.11 Å². The standard InChI is InChI=1S/C17H22N2O2S/c1-13(2)11-19(9-10-21-3)17(20)15-12-22-16(18-15)14-7-5-4-6-8-14/h4-8,12-13H,9-11H2,1-3H3. The monoisotopic (exact) mass is 318 g/mol. The highest BCUT2D eigenvalue weighted by atomic mass is 32.1. The lowest BCUT2D eigenvalue weighted by Crippen LogP contribution is -2.36. The highest BCUT2D eigenvalue weighted by Gasteiger charge is 2.19. The first-order chi connectivity index (χ1) is 10.6. The Morgan fingerprint density at radius 2 is 2.05 bits per heavy atom. The highest BCUT2D eigenvalue weighted by Crippen LogP contribution is 2.24. The van der Waals surface area contributed by atoms with Crippen LogP contribution in [-0.4, -0.2) is 42.6 Å². The van der Waals surface area contributed by atoms with E-state index in [1.165, 1.54) is 11.3 Å². The molecule has 1 heterocycles. The molecule has 1 aromatic heterocycles. The summed E-state index contributed by atoms with van der Waals surface area (Å²) in [6, 6.07) is 9.93. The molecule has 1 aromatic carbocycles. The van der Waals surface area contributed by atoms with Crippen LogP contribution in [0, 0.1) is 5.92 Å². The van der Waals surface area contributed by atoms with Gasteiger partial charge in [0.25, 0.3) is 5.91 Å². The van der Waals surface area contributed by atoms with E-state index in [0.717, 1.165) is 10.6 Å². The summed E-state index contributed by atoms with van der Waals surface area (Å²) < 4.78 is 5.10. The number of ether oxygens (including phenoxy) is 1. The quantitative estimate of drug-likeness (QED) is 0.784. The van der Waals surface area contributed by atoms with Crippen molar-refractivity contribution in [3.05, 3.63) is 41.4 Å². The predicted molar refractivity (Wildman–Crippen MR) is 90.2 cm³/mol. The van der Waals surface area contributed by atoms with Crippen LogP contribution in [0.25, 0.3) is 10.6 Å². The molecular formula is C17H22N2O2S. The molecule has 2 aromatic rings. The largest absolute Gasteiger partial charge is 0.383 e. The molecule has 0 spiro atoms. The summed E-state index contributed by atoms with van der Waals surface area (Å²) in [6.07, 6.45) is 0. The Balaban J connectivity index is 2.15. The zero-order chi connectivity index (χ0) is 15.9. The minimum absolute atomic E-state index is 0.0239. The Hall–Kier alpha value is -1.72. The fourth-order valence-corrected chi connectivity index (χ4v) is 2.97. The van der Waals surface area contributed by atoms with Gasteiger partial charge in [0, 0.05) is 31.1 Å². The fraction of sp³-hybridized carbons (Fsp3) is 0.412. The van der Waals surface area contributed by atoms with Crippen molar-refractivity contribution < 1.29 is 9.53 Å². The maximum absolute atomic E-state index is 12.6. The number of amides is 1. The normalized spacial score (nSPS) is 10.9. The second-order valence-corrected chi connectivity index (χ2v) is 6.40. The first-order valence-corrected chi connectivity index (χ1v) is 8.29. The molecule has 0 saturated heterocycles. The molecule has 0 N–H and O–H groups in total. The molecule has 0 aliphatic heterocycles. The van der Waals surface area contributed by atoms with Crippen molar-refractivity contribution in [3.63, 3.8) is 0 Å². The molecule has 0 radical (unpaired) electrons. The SMILES string of the molecule is COCCN(CC(C)C)C(=O)c1csc(-c2ccccc2)n1. The molecular weight excluding hydrogens is 296 g/mol. The molecule has 0 saturated carbocycles. The Labute approximate surface area is 135 Å². The van der Waals surface area contributed by atoms with E-state index in [1.807, 2.05) is 40.6 Å². The van der Waals surface area contributed by atoms with Crippen LogP contribution in [0.1, 0.15) is 24.3 Å². The molecule has 5 heteroatoms. The number of hydrogen-bond donors (Lipinski definition) is 0. The number of rotatable bonds is 7. The van der Waals surface area contributed by atoms with Crippen LogP contribution in [-0.2, 0) is 4.74 Å². The lowest BCUT2D eigenvalue weighted by Gasteiger charge is -2.23. The lowest BCUT2D eigenvalue weighted by molar-refractivity contribution is 0.0667. The molecule has 118 valence electrons. The van der Waals surface area contributed by atoms with Crippen molar-refractivity contribution in [2.24, 2.45) is 5.92 Å². The minimum Gasteiger partial charge on any atom is -0.383 e. The van der Waals surface area contributed by atoms with Crippen LogP contribution < -0.4 is 0 Å². The molecule has 22 heavy (non-hydrogen) atoms. The number of carbonyl (C=O) groups excluding carboxylic acids is 1.